The number of benzene rings is 3. The molecule has 2 heterocycles. The molecule has 5 rings (SSSR count). The van der Waals surface area contributed by atoms with Crippen molar-refractivity contribution in [1.29, 1.82) is 0 Å². The number of nitrogens with one attached hydrogen (secondary N) is 1. The molecule has 0 radical (unpaired) electrons. The molecule has 3 N–H and O–H groups in total. The highest BCUT2D eigenvalue weighted by atomic mass is 16.6. The number of hydrogen-bond donors (Lipinski definition) is 2. The molecule has 9 nitrogen and oxygen atoms in total. The predicted molar refractivity (Wildman–Crippen MR) is 180 cm³/mol. The van der Waals surface area contributed by atoms with Gasteiger partial charge in [-0.15, -0.1) is 0 Å². The quantitative estimate of drug-likeness (QED) is 0.0989. The van der Waals surface area contributed by atoms with Crippen LogP contribution in [0.3, 0.4) is 0 Å². The summed E-state index contributed by atoms with van der Waals surface area (Å²) in [7, 11) is 0. The summed E-state index contributed by atoms with van der Waals surface area (Å²) in [5.74, 6) is 0.467. The van der Waals surface area contributed by atoms with Gasteiger partial charge in [-0.2, -0.15) is 0 Å². The molecule has 1 amide bonds. The van der Waals surface area contributed by atoms with E-state index in [4.69, 9.17) is 5.73 Å². The third-order valence-electron chi connectivity index (χ3n) is 8.62. The van der Waals surface area contributed by atoms with Crippen LogP contribution in [0.15, 0.2) is 109 Å². The van der Waals surface area contributed by atoms with Gasteiger partial charge in [0.2, 0.25) is 0 Å². The first-order chi connectivity index (χ1) is 21.8. The average molecular weight is 607 g/mol. The van der Waals surface area contributed by atoms with Crippen LogP contribution in [0.5, 0.6) is 0 Å². The maximum atomic E-state index is 14.3. The zero-order valence-electron chi connectivity index (χ0n) is 25.9. The smallest absolute Gasteiger partial charge is 0.274 e. The number of likely N-dealkylation sites (tertiary alicyclic amines) is 1. The molecule has 2 saturated heterocycles. The highest BCUT2D eigenvalue weighted by molar-refractivity contribution is 6.24. The van der Waals surface area contributed by atoms with Crippen molar-refractivity contribution < 1.29 is 9.72 Å². The molecule has 45 heavy (non-hydrogen) atoms. The zero-order valence-corrected chi connectivity index (χ0v) is 25.9. The molecule has 0 aliphatic carbocycles. The van der Waals surface area contributed by atoms with Crippen LogP contribution in [0.4, 0.5) is 5.69 Å². The van der Waals surface area contributed by atoms with Crippen LogP contribution in [0.2, 0.25) is 0 Å². The molecular weight excluding hydrogens is 564 g/mol. The molecule has 3 aromatic carbocycles. The van der Waals surface area contributed by atoms with Gasteiger partial charge in [0.05, 0.1) is 16.5 Å². The van der Waals surface area contributed by atoms with Gasteiger partial charge in [-0.3, -0.25) is 19.8 Å². The predicted octanol–water partition coefficient (Wildman–Crippen LogP) is 5.40. The third kappa shape index (κ3) is 7.80. The Morgan fingerprint density at radius 3 is 2.11 bits per heavy atom. The van der Waals surface area contributed by atoms with Crippen molar-refractivity contribution in [1.82, 2.24) is 20.0 Å². The Labute approximate surface area is 265 Å². The van der Waals surface area contributed by atoms with Crippen LogP contribution >= 0.6 is 0 Å². The van der Waals surface area contributed by atoms with Crippen LogP contribution in [0.1, 0.15) is 42.5 Å². The fourth-order valence-corrected chi connectivity index (χ4v) is 6.14. The molecule has 0 aromatic heterocycles. The highest BCUT2D eigenvalue weighted by Gasteiger charge is 2.29. The lowest BCUT2D eigenvalue weighted by atomic mass is 9.89. The van der Waals surface area contributed by atoms with Crippen molar-refractivity contribution in [2.24, 2.45) is 0 Å². The average Bonchev–Trinajstić information content (AvgIpc) is 3.60. The Bertz CT molecular complexity index is 1560. The van der Waals surface area contributed by atoms with Gasteiger partial charge in [-0.05, 0) is 48.1 Å². The van der Waals surface area contributed by atoms with Crippen LogP contribution < -0.4 is 11.1 Å². The number of nitrogens with two attached hydrogens (primary N) is 1. The first-order valence-corrected chi connectivity index (χ1v) is 15.6. The Hall–Kier alpha value is -4.89. The van der Waals surface area contributed by atoms with Crippen molar-refractivity contribution in [3.63, 3.8) is 0 Å². The van der Waals surface area contributed by atoms with Crippen LogP contribution in [-0.4, -0.2) is 71.3 Å². The van der Waals surface area contributed by atoms with E-state index in [0.717, 1.165) is 54.4 Å². The minimum Gasteiger partial charge on any atom is -0.398 e. The van der Waals surface area contributed by atoms with E-state index in [-0.39, 0.29) is 16.9 Å². The number of piperazine rings is 1. The Balaban J connectivity index is 1.49. The van der Waals surface area contributed by atoms with Gasteiger partial charge in [-0.1, -0.05) is 85.4 Å². The largest absolute Gasteiger partial charge is 0.398 e. The van der Waals surface area contributed by atoms with Crippen molar-refractivity contribution >= 4 is 22.7 Å². The Morgan fingerprint density at radius 2 is 1.49 bits per heavy atom. The molecule has 0 spiro atoms. The van der Waals surface area contributed by atoms with Crippen LogP contribution in [0.25, 0.3) is 11.1 Å². The standard InChI is InChI=1S/C36H42N6O3/c1-27(29-13-5-3-6-14-29)32(25-39-21-23-41(24-22-39)34(26-42(44)45)40-19-11-12-20-40)35(31-17-9-10-18-33(31)37)36(43)38-28(2)30-15-7-4-8-16-30/h3-10,13-18,26,28H,1,11-12,19-25,37H2,2H3,(H,38,43)/b34-26+,35-32+/t28-/m0/s1. The van der Waals surface area contributed by atoms with Crippen molar-refractivity contribution in [3.05, 3.63) is 136 Å². The molecule has 0 unspecified atom stereocenters. The van der Waals surface area contributed by atoms with E-state index in [1.807, 2.05) is 91.9 Å². The van der Waals surface area contributed by atoms with Gasteiger partial charge >= 0.3 is 0 Å². The van der Waals surface area contributed by atoms with E-state index in [1.165, 1.54) is 0 Å². The molecule has 1 atom stereocenters. The Kier molecular flexibility index (Phi) is 10.3. The molecular formula is C36H42N6O3. The number of nitro groups is 1. The van der Waals surface area contributed by atoms with Crippen LogP contribution in [-0.2, 0) is 4.79 Å². The zero-order chi connectivity index (χ0) is 31.8. The summed E-state index contributed by atoms with van der Waals surface area (Å²) < 4.78 is 0. The molecule has 9 heteroatoms. The van der Waals surface area contributed by atoms with E-state index in [9.17, 15) is 14.9 Å². The molecule has 2 aliphatic rings. The van der Waals surface area contributed by atoms with E-state index in [2.05, 4.69) is 26.6 Å². The Morgan fingerprint density at radius 1 is 0.911 bits per heavy atom. The van der Waals surface area contributed by atoms with Gasteiger partial charge in [0.1, 0.15) is 0 Å². The fourth-order valence-electron chi connectivity index (χ4n) is 6.14. The lowest BCUT2D eigenvalue weighted by Crippen LogP contribution is -2.49. The van der Waals surface area contributed by atoms with Gasteiger partial charge in [-0.25, -0.2) is 0 Å². The normalized spacial score (nSPS) is 17.0. The number of rotatable bonds is 11. The summed E-state index contributed by atoms with van der Waals surface area (Å²) in [6, 6.07) is 27.0. The summed E-state index contributed by atoms with van der Waals surface area (Å²) in [6.07, 6.45) is 3.24. The topological polar surface area (TPSA) is 108 Å². The van der Waals surface area contributed by atoms with Gasteiger partial charge in [0.25, 0.3) is 12.1 Å². The number of carbonyl (C=O) groups excluding carboxylic acids is 1. The molecule has 0 bridgehead atoms. The first kappa shape index (κ1) is 31.5. The molecule has 2 aliphatic heterocycles. The van der Waals surface area contributed by atoms with Gasteiger partial charge in [0, 0.05) is 57.1 Å². The van der Waals surface area contributed by atoms with Gasteiger partial charge < -0.3 is 20.9 Å². The summed E-state index contributed by atoms with van der Waals surface area (Å²) in [5.41, 5.74) is 11.7. The second-order valence-corrected chi connectivity index (χ2v) is 11.6. The van der Waals surface area contributed by atoms with E-state index >= 15 is 0 Å². The summed E-state index contributed by atoms with van der Waals surface area (Å²) in [4.78, 5) is 32.0. The summed E-state index contributed by atoms with van der Waals surface area (Å²) >= 11 is 0. The lowest BCUT2D eigenvalue weighted by molar-refractivity contribution is -0.405. The highest BCUT2D eigenvalue weighted by Crippen LogP contribution is 2.34. The van der Waals surface area contributed by atoms with Gasteiger partial charge in [0.15, 0.2) is 5.82 Å². The van der Waals surface area contributed by atoms with E-state index < -0.39 is 0 Å². The summed E-state index contributed by atoms with van der Waals surface area (Å²) in [6.45, 7) is 11.2. The number of para-hydroxylation sites is 1. The summed E-state index contributed by atoms with van der Waals surface area (Å²) in [5, 5.41) is 14.7. The maximum Gasteiger partial charge on any atom is 0.274 e. The van der Waals surface area contributed by atoms with E-state index in [1.54, 1.807) is 0 Å². The third-order valence-corrected chi connectivity index (χ3v) is 8.62. The molecule has 3 aromatic rings. The number of nitrogens with zero attached hydrogens (tertiary/aromatic N) is 4. The minimum atomic E-state index is -0.351. The second-order valence-electron chi connectivity index (χ2n) is 11.6. The maximum absolute atomic E-state index is 14.3. The number of carbonyl (C=O) groups is 1. The van der Waals surface area contributed by atoms with Crippen molar-refractivity contribution in [3.8, 4) is 0 Å². The molecule has 2 fully saturated rings. The fraction of sp³-hybridized carbons (Fsp3) is 0.306. The number of amides is 1. The number of anilines is 1. The van der Waals surface area contributed by atoms with Crippen LogP contribution in [0, 0.1) is 10.1 Å². The molecule has 0 saturated carbocycles. The first-order valence-electron chi connectivity index (χ1n) is 15.6. The second kappa shape index (κ2) is 14.7. The van der Waals surface area contributed by atoms with E-state index in [0.29, 0.717) is 55.4 Å². The number of hydrogen-bond acceptors (Lipinski definition) is 7. The lowest BCUT2D eigenvalue weighted by Gasteiger charge is -2.39. The minimum absolute atomic E-state index is 0.222. The van der Waals surface area contributed by atoms with Crippen molar-refractivity contribution in [2.45, 2.75) is 25.8 Å². The SMILES string of the molecule is C=C(/C(CN1CCN(/C(=C/[N+](=O)[O-])N2CCCC2)CC1)=C(/C(=O)N[C@@H](C)c1ccccc1)c1ccccc1N)c1ccccc1. The molecule has 234 valence electrons. The van der Waals surface area contributed by atoms with Crippen molar-refractivity contribution in [2.75, 3.05) is 51.5 Å². The number of nitrogen functional groups attached to an aromatic ring is 1. The monoisotopic (exact) mass is 606 g/mol.